The van der Waals surface area contributed by atoms with Gasteiger partial charge in [-0.3, -0.25) is 9.59 Å². The lowest BCUT2D eigenvalue weighted by molar-refractivity contribution is -0.128. The van der Waals surface area contributed by atoms with Crippen LogP contribution in [0.5, 0.6) is 0 Å². The molecule has 0 fully saturated rings. The van der Waals surface area contributed by atoms with Crippen molar-refractivity contribution in [1.29, 1.82) is 0 Å². The molecule has 0 aliphatic rings. The second-order valence-electron chi connectivity index (χ2n) is 5.39. The molecular weight excluding hydrogens is 292 g/mol. The summed E-state index contributed by atoms with van der Waals surface area (Å²) >= 11 is 0. The van der Waals surface area contributed by atoms with E-state index in [2.05, 4.69) is 0 Å². The molecule has 5 heteroatoms. The minimum atomic E-state index is -1.44. The Morgan fingerprint density at radius 3 is 2.09 bits per heavy atom. The summed E-state index contributed by atoms with van der Waals surface area (Å²) in [7, 11) is 1.56. The molecule has 0 bridgehead atoms. The molecule has 0 unspecified atom stereocenters. The fourth-order valence-electron chi connectivity index (χ4n) is 2.44. The van der Waals surface area contributed by atoms with Crippen LogP contribution in [-0.2, 0) is 11.2 Å². The Bertz CT molecular complexity index is 658. The van der Waals surface area contributed by atoms with Crippen molar-refractivity contribution in [2.75, 3.05) is 7.05 Å². The lowest BCUT2D eigenvalue weighted by Gasteiger charge is -2.31. The summed E-state index contributed by atoms with van der Waals surface area (Å²) in [6.45, 7) is 0. The number of aliphatic hydroxyl groups excluding tert-OH is 1. The van der Waals surface area contributed by atoms with E-state index in [-0.39, 0.29) is 5.91 Å². The highest BCUT2D eigenvalue weighted by Gasteiger charge is 2.31. The molecule has 0 radical (unpaired) electrons. The summed E-state index contributed by atoms with van der Waals surface area (Å²) in [4.78, 5) is 25.4. The van der Waals surface area contributed by atoms with Crippen molar-refractivity contribution in [3.05, 3.63) is 71.8 Å². The minimum absolute atomic E-state index is 0.271. The quantitative estimate of drug-likeness (QED) is 0.841. The lowest BCUT2D eigenvalue weighted by Crippen LogP contribution is -2.51. The van der Waals surface area contributed by atoms with Gasteiger partial charge in [-0.2, -0.15) is 0 Å². The van der Waals surface area contributed by atoms with Gasteiger partial charge < -0.3 is 15.7 Å². The molecule has 5 nitrogen and oxygen atoms in total. The highest BCUT2D eigenvalue weighted by atomic mass is 16.3. The maximum absolute atomic E-state index is 12.6. The maximum atomic E-state index is 12.6. The van der Waals surface area contributed by atoms with E-state index >= 15 is 0 Å². The summed E-state index contributed by atoms with van der Waals surface area (Å²) in [5.74, 6) is -1.12. The standard InChI is InChI=1S/C18H20N2O3/c1-20(18(23)14-10-6-3-7-11-14)15(16(21)17(19)22)12-13-8-4-2-5-9-13/h2-11,15-16,21H,12H2,1H3,(H2,19,22)/t15-,16-/m0/s1. The van der Waals surface area contributed by atoms with Gasteiger partial charge in [-0.1, -0.05) is 48.5 Å². The van der Waals surface area contributed by atoms with E-state index in [9.17, 15) is 14.7 Å². The van der Waals surface area contributed by atoms with Crippen LogP contribution in [0.1, 0.15) is 15.9 Å². The zero-order chi connectivity index (χ0) is 16.8. The first kappa shape index (κ1) is 16.7. The van der Waals surface area contributed by atoms with E-state index in [1.54, 1.807) is 31.3 Å². The number of hydrogen-bond donors (Lipinski definition) is 2. The van der Waals surface area contributed by atoms with Gasteiger partial charge in [0.05, 0.1) is 6.04 Å². The second kappa shape index (κ2) is 7.56. The molecule has 2 atom stereocenters. The number of carbonyl (C=O) groups excluding carboxylic acids is 2. The Balaban J connectivity index is 2.25. The Kier molecular flexibility index (Phi) is 5.49. The van der Waals surface area contributed by atoms with Crippen LogP contribution in [-0.4, -0.2) is 41.0 Å². The van der Waals surface area contributed by atoms with Crippen LogP contribution in [0.2, 0.25) is 0 Å². The first-order chi connectivity index (χ1) is 11.0. The third-order valence-corrected chi connectivity index (χ3v) is 3.78. The summed E-state index contributed by atoms with van der Waals surface area (Å²) in [5.41, 5.74) is 6.64. The molecule has 0 aliphatic carbocycles. The third-order valence-electron chi connectivity index (χ3n) is 3.78. The number of nitrogens with zero attached hydrogens (tertiary/aromatic N) is 1. The van der Waals surface area contributed by atoms with Crippen molar-refractivity contribution in [3.63, 3.8) is 0 Å². The van der Waals surface area contributed by atoms with Crippen molar-refractivity contribution in [2.24, 2.45) is 5.73 Å². The van der Waals surface area contributed by atoms with Crippen molar-refractivity contribution >= 4 is 11.8 Å². The van der Waals surface area contributed by atoms with Crippen molar-refractivity contribution in [3.8, 4) is 0 Å². The van der Waals surface area contributed by atoms with Gasteiger partial charge in [0, 0.05) is 12.6 Å². The maximum Gasteiger partial charge on any atom is 0.253 e. The fraction of sp³-hybridized carbons (Fsp3) is 0.222. The van der Waals surface area contributed by atoms with Crippen molar-refractivity contribution < 1.29 is 14.7 Å². The number of carbonyl (C=O) groups is 2. The largest absolute Gasteiger partial charge is 0.381 e. The van der Waals surface area contributed by atoms with E-state index in [1.807, 2.05) is 36.4 Å². The lowest BCUT2D eigenvalue weighted by atomic mass is 9.98. The number of likely N-dealkylation sites (N-methyl/N-ethyl adjacent to an activating group) is 1. The number of hydrogen-bond acceptors (Lipinski definition) is 3. The van der Waals surface area contributed by atoms with Gasteiger partial charge in [-0.25, -0.2) is 0 Å². The van der Waals surface area contributed by atoms with E-state index in [0.29, 0.717) is 12.0 Å². The SMILES string of the molecule is CN(C(=O)c1ccccc1)[C@@H](Cc1ccccc1)[C@H](O)C(N)=O. The molecule has 0 heterocycles. The van der Waals surface area contributed by atoms with Gasteiger partial charge in [0.2, 0.25) is 5.91 Å². The van der Waals surface area contributed by atoms with Crippen LogP contribution < -0.4 is 5.73 Å². The van der Waals surface area contributed by atoms with Gasteiger partial charge in [0.15, 0.2) is 6.10 Å². The Morgan fingerprint density at radius 2 is 1.57 bits per heavy atom. The number of nitrogens with two attached hydrogens (primary N) is 1. The van der Waals surface area contributed by atoms with Gasteiger partial charge >= 0.3 is 0 Å². The van der Waals surface area contributed by atoms with Gasteiger partial charge in [-0.05, 0) is 24.1 Å². The van der Waals surface area contributed by atoms with E-state index in [0.717, 1.165) is 5.56 Å². The molecule has 0 saturated heterocycles. The van der Waals surface area contributed by atoms with E-state index < -0.39 is 18.1 Å². The third kappa shape index (κ3) is 4.17. The molecule has 0 aromatic heterocycles. The first-order valence-electron chi connectivity index (χ1n) is 7.34. The fourth-order valence-corrected chi connectivity index (χ4v) is 2.44. The van der Waals surface area contributed by atoms with E-state index in [1.165, 1.54) is 4.90 Å². The zero-order valence-electron chi connectivity index (χ0n) is 12.9. The van der Waals surface area contributed by atoms with Crippen LogP contribution in [0, 0.1) is 0 Å². The average Bonchev–Trinajstić information content (AvgIpc) is 2.59. The molecule has 2 amide bonds. The molecule has 2 aromatic carbocycles. The first-order valence-corrected chi connectivity index (χ1v) is 7.34. The Hall–Kier alpha value is -2.66. The summed E-state index contributed by atoms with van der Waals surface area (Å²) < 4.78 is 0. The van der Waals surface area contributed by atoms with Crippen molar-refractivity contribution in [1.82, 2.24) is 4.90 Å². The van der Waals surface area contributed by atoms with Crippen LogP contribution in [0.25, 0.3) is 0 Å². The van der Waals surface area contributed by atoms with Crippen LogP contribution >= 0.6 is 0 Å². The van der Waals surface area contributed by atoms with Gasteiger partial charge in [0.1, 0.15) is 0 Å². The highest BCUT2D eigenvalue weighted by molar-refractivity contribution is 5.94. The number of aliphatic hydroxyl groups is 1. The molecule has 23 heavy (non-hydrogen) atoms. The molecular formula is C18H20N2O3. The summed E-state index contributed by atoms with van der Waals surface area (Å²) in [5, 5.41) is 10.1. The normalized spacial score (nSPS) is 13.1. The van der Waals surface area contributed by atoms with Gasteiger partial charge in [-0.15, -0.1) is 0 Å². The number of benzene rings is 2. The molecule has 0 aliphatic heterocycles. The second-order valence-corrected chi connectivity index (χ2v) is 5.39. The molecule has 0 saturated carbocycles. The number of amides is 2. The number of rotatable bonds is 6. The molecule has 3 N–H and O–H groups in total. The number of primary amides is 1. The summed E-state index contributed by atoms with van der Waals surface area (Å²) in [6, 6.07) is 17.3. The van der Waals surface area contributed by atoms with E-state index in [4.69, 9.17) is 5.73 Å². The predicted octanol–water partition coefficient (Wildman–Crippen LogP) is 1.22. The molecule has 2 rings (SSSR count). The Morgan fingerprint density at radius 1 is 1.04 bits per heavy atom. The highest BCUT2D eigenvalue weighted by Crippen LogP contribution is 2.15. The zero-order valence-corrected chi connectivity index (χ0v) is 12.9. The monoisotopic (exact) mass is 312 g/mol. The summed E-state index contributed by atoms with van der Waals surface area (Å²) in [6.07, 6.45) is -1.10. The Labute approximate surface area is 135 Å². The molecule has 0 spiro atoms. The minimum Gasteiger partial charge on any atom is -0.381 e. The van der Waals surface area contributed by atoms with Crippen molar-refractivity contribution in [2.45, 2.75) is 18.6 Å². The van der Waals surface area contributed by atoms with Crippen LogP contribution in [0.3, 0.4) is 0 Å². The topological polar surface area (TPSA) is 83.6 Å². The molecule has 2 aromatic rings. The predicted molar refractivity (Wildman–Crippen MR) is 87.7 cm³/mol. The van der Waals surface area contributed by atoms with Crippen LogP contribution in [0.4, 0.5) is 0 Å². The van der Waals surface area contributed by atoms with Crippen LogP contribution in [0.15, 0.2) is 60.7 Å². The molecule has 120 valence electrons. The average molecular weight is 312 g/mol. The smallest absolute Gasteiger partial charge is 0.253 e. The van der Waals surface area contributed by atoms with Gasteiger partial charge in [0.25, 0.3) is 5.91 Å².